The Balaban J connectivity index is 1.74. The maximum atomic E-state index is 14.4. The lowest BCUT2D eigenvalue weighted by molar-refractivity contribution is 0.460. The molecular formula is C19H17Cl2FN4. The van der Waals surface area contributed by atoms with Gasteiger partial charge in [0.05, 0.1) is 21.2 Å². The summed E-state index contributed by atoms with van der Waals surface area (Å²) in [4.78, 5) is 8.62. The first-order chi connectivity index (χ1) is 12.6. The molecule has 0 bridgehead atoms. The number of hydrogen-bond donors (Lipinski definition) is 2. The van der Waals surface area contributed by atoms with Crippen LogP contribution in [0.15, 0.2) is 36.7 Å². The molecule has 2 heterocycles. The van der Waals surface area contributed by atoms with Gasteiger partial charge in [0.25, 0.3) is 0 Å². The highest BCUT2D eigenvalue weighted by Gasteiger charge is 2.17. The molecule has 1 aromatic heterocycles. The van der Waals surface area contributed by atoms with Gasteiger partial charge in [0, 0.05) is 5.39 Å². The highest BCUT2D eigenvalue weighted by molar-refractivity contribution is 6.42. The standard InChI is InChI=1S/C19H17Cl2FN4/c20-14-2-4-16(18(22)17(14)21)26-19-13-9-12(11-5-7-23-8-6-11)1-3-15(13)24-10-25-19/h1-4,9-11,23H,5-8H2,(H,24,25,26). The highest BCUT2D eigenvalue weighted by atomic mass is 35.5. The second-order valence-corrected chi connectivity index (χ2v) is 7.16. The average Bonchev–Trinajstić information content (AvgIpc) is 2.69. The van der Waals surface area contributed by atoms with Gasteiger partial charge in [-0.3, -0.25) is 0 Å². The lowest BCUT2D eigenvalue weighted by atomic mass is 9.89. The number of halogens is 3. The van der Waals surface area contributed by atoms with Gasteiger partial charge in [-0.25, -0.2) is 14.4 Å². The molecular weight excluding hydrogens is 374 g/mol. The molecule has 0 radical (unpaired) electrons. The van der Waals surface area contributed by atoms with Gasteiger partial charge in [0.2, 0.25) is 0 Å². The minimum absolute atomic E-state index is 0.106. The Bertz CT molecular complexity index is 958. The van der Waals surface area contributed by atoms with Crippen molar-refractivity contribution >= 4 is 45.6 Å². The SMILES string of the molecule is Fc1c(Nc2ncnc3ccc(C4CCNCC4)cc23)ccc(Cl)c1Cl. The van der Waals surface area contributed by atoms with Crippen molar-refractivity contribution in [2.75, 3.05) is 18.4 Å². The second kappa shape index (κ2) is 7.35. The number of aromatic nitrogens is 2. The topological polar surface area (TPSA) is 49.8 Å². The largest absolute Gasteiger partial charge is 0.337 e. The first-order valence-corrected chi connectivity index (χ1v) is 9.25. The fourth-order valence-electron chi connectivity index (χ4n) is 3.33. The van der Waals surface area contributed by atoms with Crippen LogP contribution in [0.4, 0.5) is 15.9 Å². The quantitative estimate of drug-likeness (QED) is 0.596. The Morgan fingerprint density at radius 2 is 1.88 bits per heavy atom. The fourth-order valence-corrected chi connectivity index (χ4v) is 3.64. The third-order valence-electron chi connectivity index (χ3n) is 4.76. The van der Waals surface area contributed by atoms with E-state index in [0.717, 1.165) is 36.8 Å². The van der Waals surface area contributed by atoms with Gasteiger partial charge in [0.15, 0.2) is 5.82 Å². The number of nitrogens with zero attached hydrogens (tertiary/aromatic N) is 2. The molecule has 0 saturated carbocycles. The van der Waals surface area contributed by atoms with E-state index in [9.17, 15) is 4.39 Å². The molecule has 7 heteroatoms. The molecule has 26 heavy (non-hydrogen) atoms. The van der Waals surface area contributed by atoms with Crippen molar-refractivity contribution < 1.29 is 4.39 Å². The van der Waals surface area contributed by atoms with Gasteiger partial charge in [-0.2, -0.15) is 0 Å². The third kappa shape index (κ3) is 3.34. The zero-order chi connectivity index (χ0) is 18.1. The van der Waals surface area contributed by atoms with Crippen LogP contribution in [0.1, 0.15) is 24.3 Å². The second-order valence-electron chi connectivity index (χ2n) is 6.37. The van der Waals surface area contributed by atoms with Gasteiger partial charge in [-0.1, -0.05) is 29.3 Å². The van der Waals surface area contributed by atoms with Crippen molar-refractivity contribution in [1.82, 2.24) is 15.3 Å². The Hall–Kier alpha value is -1.95. The lowest BCUT2D eigenvalue weighted by Crippen LogP contribution is -2.26. The molecule has 0 unspecified atom stereocenters. The van der Waals surface area contributed by atoms with Crippen LogP contribution in [0.2, 0.25) is 10.0 Å². The third-order valence-corrected chi connectivity index (χ3v) is 5.54. The van der Waals surface area contributed by atoms with Crippen LogP contribution in [-0.4, -0.2) is 23.1 Å². The molecule has 0 spiro atoms. The van der Waals surface area contributed by atoms with Gasteiger partial charge in [0.1, 0.15) is 12.1 Å². The van der Waals surface area contributed by atoms with Crippen LogP contribution in [-0.2, 0) is 0 Å². The van der Waals surface area contributed by atoms with E-state index in [2.05, 4.69) is 32.7 Å². The summed E-state index contributed by atoms with van der Waals surface area (Å²) in [7, 11) is 0. The van der Waals surface area contributed by atoms with E-state index in [-0.39, 0.29) is 15.7 Å². The first kappa shape index (κ1) is 17.5. The summed E-state index contributed by atoms with van der Waals surface area (Å²) >= 11 is 11.8. The number of rotatable bonds is 3. The van der Waals surface area contributed by atoms with Crippen molar-refractivity contribution in [3.63, 3.8) is 0 Å². The normalized spacial score (nSPS) is 15.3. The minimum atomic E-state index is -0.597. The number of anilines is 2. The van der Waals surface area contributed by atoms with Crippen LogP contribution >= 0.6 is 23.2 Å². The van der Waals surface area contributed by atoms with Gasteiger partial charge in [-0.05, 0) is 61.7 Å². The number of piperidine rings is 1. The summed E-state index contributed by atoms with van der Waals surface area (Å²) in [5.74, 6) is 0.457. The predicted molar refractivity (Wildman–Crippen MR) is 104 cm³/mol. The Morgan fingerprint density at radius 3 is 2.69 bits per heavy atom. The van der Waals surface area contributed by atoms with Crippen LogP contribution in [0.25, 0.3) is 10.9 Å². The number of benzene rings is 2. The Labute approximate surface area is 160 Å². The molecule has 1 fully saturated rings. The van der Waals surface area contributed by atoms with E-state index >= 15 is 0 Å². The molecule has 0 atom stereocenters. The first-order valence-electron chi connectivity index (χ1n) is 8.49. The maximum Gasteiger partial charge on any atom is 0.166 e. The number of nitrogens with one attached hydrogen (secondary N) is 2. The smallest absolute Gasteiger partial charge is 0.166 e. The summed E-state index contributed by atoms with van der Waals surface area (Å²) < 4.78 is 14.4. The van der Waals surface area contributed by atoms with Crippen LogP contribution in [0, 0.1) is 5.82 Å². The van der Waals surface area contributed by atoms with E-state index in [4.69, 9.17) is 23.2 Å². The highest BCUT2D eigenvalue weighted by Crippen LogP contribution is 2.34. The van der Waals surface area contributed by atoms with Crippen molar-refractivity contribution in [3.8, 4) is 0 Å². The number of hydrogen-bond acceptors (Lipinski definition) is 4. The molecule has 2 aromatic carbocycles. The van der Waals surface area contributed by atoms with Crippen LogP contribution in [0.5, 0.6) is 0 Å². The van der Waals surface area contributed by atoms with Gasteiger partial charge >= 0.3 is 0 Å². The Kier molecular flexibility index (Phi) is 4.94. The van der Waals surface area contributed by atoms with Crippen molar-refractivity contribution in [1.29, 1.82) is 0 Å². The molecule has 4 rings (SSSR count). The molecule has 1 aliphatic heterocycles. The fraction of sp³-hybridized carbons (Fsp3) is 0.263. The van der Waals surface area contributed by atoms with Crippen LogP contribution < -0.4 is 10.6 Å². The van der Waals surface area contributed by atoms with Gasteiger partial charge < -0.3 is 10.6 Å². The summed E-state index contributed by atoms with van der Waals surface area (Å²) in [6.45, 7) is 2.04. The van der Waals surface area contributed by atoms with E-state index < -0.39 is 5.82 Å². The monoisotopic (exact) mass is 390 g/mol. The minimum Gasteiger partial charge on any atom is -0.337 e. The zero-order valence-corrected chi connectivity index (χ0v) is 15.4. The van der Waals surface area contributed by atoms with Crippen molar-refractivity contribution in [3.05, 3.63) is 58.1 Å². The maximum absolute atomic E-state index is 14.4. The predicted octanol–water partition coefficient (Wildman–Crippen LogP) is 5.29. The molecule has 3 aromatic rings. The lowest BCUT2D eigenvalue weighted by Gasteiger charge is -2.23. The molecule has 0 aliphatic carbocycles. The zero-order valence-electron chi connectivity index (χ0n) is 13.9. The van der Waals surface area contributed by atoms with E-state index in [0.29, 0.717) is 11.7 Å². The van der Waals surface area contributed by atoms with Crippen molar-refractivity contribution in [2.45, 2.75) is 18.8 Å². The molecule has 4 nitrogen and oxygen atoms in total. The van der Waals surface area contributed by atoms with Crippen molar-refractivity contribution in [2.24, 2.45) is 0 Å². The molecule has 1 saturated heterocycles. The average molecular weight is 391 g/mol. The molecule has 0 amide bonds. The van der Waals surface area contributed by atoms with Gasteiger partial charge in [-0.15, -0.1) is 0 Å². The molecule has 2 N–H and O–H groups in total. The summed E-state index contributed by atoms with van der Waals surface area (Å²) in [6, 6.07) is 9.32. The molecule has 1 aliphatic rings. The summed E-state index contributed by atoms with van der Waals surface area (Å²) in [6.07, 6.45) is 3.66. The summed E-state index contributed by atoms with van der Waals surface area (Å²) in [5, 5.41) is 7.34. The molecule has 134 valence electrons. The van der Waals surface area contributed by atoms with E-state index in [1.54, 1.807) is 12.1 Å². The number of fused-ring (bicyclic) bond motifs is 1. The van der Waals surface area contributed by atoms with Crippen LogP contribution in [0.3, 0.4) is 0 Å². The van der Waals surface area contributed by atoms with E-state index in [1.807, 2.05) is 6.07 Å². The van der Waals surface area contributed by atoms with E-state index in [1.165, 1.54) is 11.9 Å². The Morgan fingerprint density at radius 1 is 1.08 bits per heavy atom. The summed E-state index contributed by atoms with van der Waals surface area (Å²) in [5.41, 5.74) is 2.29.